The van der Waals surface area contributed by atoms with Crippen LogP contribution in [0.2, 0.25) is 0 Å². The van der Waals surface area contributed by atoms with Gasteiger partial charge < -0.3 is 4.74 Å². The van der Waals surface area contributed by atoms with Crippen molar-refractivity contribution in [2.24, 2.45) is 0 Å². The molecule has 1 heterocycles. The molecule has 0 fully saturated rings. The lowest BCUT2D eigenvalue weighted by atomic mass is 9.96. The molecule has 0 saturated carbocycles. The van der Waals surface area contributed by atoms with Gasteiger partial charge in [0.2, 0.25) is 0 Å². The molecule has 3 aromatic rings. The Kier molecular flexibility index (Phi) is 4.48. The van der Waals surface area contributed by atoms with Gasteiger partial charge in [-0.05, 0) is 77.4 Å². The maximum Gasteiger partial charge on any atom is 0.130 e. The first-order valence-electron chi connectivity index (χ1n) is 8.49. The van der Waals surface area contributed by atoms with E-state index in [0.717, 1.165) is 24.4 Å². The van der Waals surface area contributed by atoms with Gasteiger partial charge in [-0.15, -0.1) is 0 Å². The standard InChI is InChI=1S/C22H20OS/c1-2-7-17-8-4-5-11-21(17)22(12-3-1)23-20-10-6-9-18(15-20)19-13-14-24-16-19/h4-6,8-16H,1-3,7H2. The molecule has 0 atom stereocenters. The Balaban J connectivity index is 1.66. The van der Waals surface area contributed by atoms with E-state index in [9.17, 15) is 0 Å². The minimum absolute atomic E-state index is 0.903. The number of ether oxygens (including phenoxy) is 1. The van der Waals surface area contributed by atoms with Gasteiger partial charge in [-0.2, -0.15) is 11.3 Å². The van der Waals surface area contributed by atoms with Gasteiger partial charge in [-0.25, -0.2) is 0 Å². The molecular formula is C22H20OS. The molecule has 2 aromatic carbocycles. The second-order valence-corrected chi connectivity index (χ2v) is 6.89. The van der Waals surface area contributed by atoms with E-state index in [2.05, 4.69) is 65.4 Å². The molecule has 0 radical (unpaired) electrons. The van der Waals surface area contributed by atoms with Gasteiger partial charge in [-0.3, -0.25) is 0 Å². The van der Waals surface area contributed by atoms with Crippen LogP contribution < -0.4 is 4.74 Å². The lowest BCUT2D eigenvalue weighted by Gasteiger charge is -2.17. The molecule has 1 aliphatic rings. The van der Waals surface area contributed by atoms with E-state index in [1.165, 1.54) is 35.1 Å². The van der Waals surface area contributed by atoms with Gasteiger partial charge in [0.05, 0.1) is 0 Å². The number of fused-ring (bicyclic) bond motifs is 1. The van der Waals surface area contributed by atoms with E-state index in [1.807, 2.05) is 6.07 Å². The van der Waals surface area contributed by atoms with Gasteiger partial charge in [0, 0.05) is 5.56 Å². The summed E-state index contributed by atoms with van der Waals surface area (Å²) in [7, 11) is 0. The molecule has 1 aliphatic carbocycles. The van der Waals surface area contributed by atoms with Crippen molar-refractivity contribution in [3.8, 4) is 16.9 Å². The van der Waals surface area contributed by atoms with Crippen LogP contribution in [0.15, 0.2) is 71.4 Å². The van der Waals surface area contributed by atoms with Gasteiger partial charge in [0.1, 0.15) is 11.5 Å². The average Bonchev–Trinajstić information content (AvgIpc) is 3.14. The zero-order chi connectivity index (χ0) is 16.2. The average molecular weight is 332 g/mol. The zero-order valence-corrected chi connectivity index (χ0v) is 14.4. The van der Waals surface area contributed by atoms with E-state index in [0.29, 0.717) is 0 Å². The molecule has 1 aromatic heterocycles. The van der Waals surface area contributed by atoms with E-state index in [4.69, 9.17) is 4.74 Å². The number of allylic oxidation sites excluding steroid dienone is 1. The van der Waals surface area contributed by atoms with E-state index in [1.54, 1.807) is 11.3 Å². The zero-order valence-electron chi connectivity index (χ0n) is 13.6. The number of hydrogen-bond acceptors (Lipinski definition) is 2. The summed E-state index contributed by atoms with van der Waals surface area (Å²) in [5.74, 6) is 1.90. The Bertz CT molecular complexity index is 846. The molecule has 0 aliphatic heterocycles. The number of thiophene rings is 1. The smallest absolute Gasteiger partial charge is 0.130 e. The predicted octanol–water partition coefficient (Wildman–Crippen LogP) is 6.56. The highest BCUT2D eigenvalue weighted by molar-refractivity contribution is 7.08. The fraction of sp³-hybridized carbons (Fsp3) is 0.182. The molecule has 0 saturated heterocycles. The predicted molar refractivity (Wildman–Crippen MR) is 102 cm³/mol. The second-order valence-electron chi connectivity index (χ2n) is 6.11. The Morgan fingerprint density at radius 3 is 2.75 bits per heavy atom. The summed E-state index contributed by atoms with van der Waals surface area (Å²) in [6.07, 6.45) is 6.92. The van der Waals surface area contributed by atoms with Crippen LogP contribution in [-0.4, -0.2) is 0 Å². The summed E-state index contributed by atoms with van der Waals surface area (Å²) in [4.78, 5) is 0. The number of hydrogen-bond donors (Lipinski definition) is 0. The number of benzene rings is 2. The van der Waals surface area contributed by atoms with Crippen LogP contribution in [0.1, 0.15) is 30.4 Å². The van der Waals surface area contributed by atoms with Crippen molar-refractivity contribution in [2.45, 2.75) is 25.7 Å². The molecule has 0 spiro atoms. The normalized spacial score (nSPS) is 14.2. The molecule has 1 nitrogen and oxygen atoms in total. The minimum Gasteiger partial charge on any atom is -0.457 e. The van der Waals surface area contributed by atoms with Crippen molar-refractivity contribution >= 4 is 17.1 Å². The Hall–Kier alpha value is -2.32. The third-order valence-corrected chi connectivity index (χ3v) is 5.11. The topological polar surface area (TPSA) is 9.23 Å². The summed E-state index contributed by atoms with van der Waals surface area (Å²) >= 11 is 1.72. The van der Waals surface area contributed by atoms with Gasteiger partial charge in [0.25, 0.3) is 0 Å². The molecule has 2 heteroatoms. The molecule has 0 unspecified atom stereocenters. The van der Waals surface area contributed by atoms with E-state index >= 15 is 0 Å². The highest BCUT2D eigenvalue weighted by Gasteiger charge is 2.12. The SMILES string of the molecule is C1=C(Oc2cccc(-c3ccsc3)c2)c2ccccc2CCCC1. The number of aryl methyl sites for hydroxylation is 1. The Morgan fingerprint density at radius 2 is 1.83 bits per heavy atom. The summed E-state index contributed by atoms with van der Waals surface area (Å²) in [5.41, 5.74) is 5.07. The number of rotatable bonds is 3. The lowest BCUT2D eigenvalue weighted by molar-refractivity contribution is 0.509. The lowest BCUT2D eigenvalue weighted by Crippen LogP contribution is -2.02. The molecule has 0 bridgehead atoms. The third kappa shape index (κ3) is 3.29. The van der Waals surface area contributed by atoms with Crippen molar-refractivity contribution in [2.75, 3.05) is 0 Å². The second kappa shape index (κ2) is 7.06. The van der Waals surface area contributed by atoms with Crippen molar-refractivity contribution < 1.29 is 4.74 Å². The van der Waals surface area contributed by atoms with Crippen LogP contribution in [0.25, 0.3) is 16.9 Å². The van der Waals surface area contributed by atoms with Crippen LogP contribution >= 0.6 is 11.3 Å². The quantitative estimate of drug-likeness (QED) is 0.527. The maximum absolute atomic E-state index is 6.32. The Morgan fingerprint density at radius 1 is 0.875 bits per heavy atom. The highest BCUT2D eigenvalue weighted by Crippen LogP contribution is 2.30. The largest absolute Gasteiger partial charge is 0.457 e. The van der Waals surface area contributed by atoms with Gasteiger partial charge in [-0.1, -0.05) is 36.4 Å². The van der Waals surface area contributed by atoms with Crippen LogP contribution in [0, 0.1) is 0 Å². The summed E-state index contributed by atoms with van der Waals surface area (Å²) in [6.45, 7) is 0. The summed E-state index contributed by atoms with van der Waals surface area (Å²) in [6, 6.07) is 19.1. The van der Waals surface area contributed by atoms with Crippen LogP contribution in [0.3, 0.4) is 0 Å². The molecular weight excluding hydrogens is 312 g/mol. The molecule has 0 N–H and O–H groups in total. The van der Waals surface area contributed by atoms with Gasteiger partial charge >= 0.3 is 0 Å². The van der Waals surface area contributed by atoms with Crippen molar-refractivity contribution in [3.63, 3.8) is 0 Å². The van der Waals surface area contributed by atoms with E-state index < -0.39 is 0 Å². The van der Waals surface area contributed by atoms with Crippen molar-refractivity contribution in [3.05, 3.63) is 82.6 Å². The maximum atomic E-state index is 6.32. The monoisotopic (exact) mass is 332 g/mol. The summed E-state index contributed by atoms with van der Waals surface area (Å²) in [5, 5.41) is 4.28. The molecule has 120 valence electrons. The van der Waals surface area contributed by atoms with Crippen molar-refractivity contribution in [1.29, 1.82) is 0 Å². The van der Waals surface area contributed by atoms with Gasteiger partial charge in [0.15, 0.2) is 0 Å². The van der Waals surface area contributed by atoms with Crippen LogP contribution in [0.4, 0.5) is 0 Å². The Labute approximate surface area is 147 Å². The minimum atomic E-state index is 0.903. The molecule has 24 heavy (non-hydrogen) atoms. The highest BCUT2D eigenvalue weighted by atomic mass is 32.1. The summed E-state index contributed by atoms with van der Waals surface area (Å²) < 4.78 is 6.32. The fourth-order valence-corrected chi connectivity index (χ4v) is 3.84. The molecule has 4 rings (SSSR count). The van der Waals surface area contributed by atoms with Crippen LogP contribution in [0.5, 0.6) is 5.75 Å². The first-order valence-corrected chi connectivity index (χ1v) is 9.43. The van der Waals surface area contributed by atoms with Crippen LogP contribution in [-0.2, 0) is 6.42 Å². The first kappa shape index (κ1) is 15.2. The fourth-order valence-electron chi connectivity index (χ4n) is 3.17. The van der Waals surface area contributed by atoms with Crippen molar-refractivity contribution in [1.82, 2.24) is 0 Å². The van der Waals surface area contributed by atoms with E-state index in [-0.39, 0.29) is 0 Å². The first-order chi connectivity index (χ1) is 11.9. The molecule has 0 amide bonds. The third-order valence-electron chi connectivity index (χ3n) is 4.43.